The fourth-order valence-corrected chi connectivity index (χ4v) is 10.2. The monoisotopic (exact) mass is 673 g/mol. The van der Waals surface area contributed by atoms with Gasteiger partial charge in [0.05, 0.1) is 11.9 Å². The number of hydrogen-bond acceptors (Lipinski definition) is 6. The van der Waals surface area contributed by atoms with Crippen molar-refractivity contribution in [2.45, 2.75) is 104 Å². The van der Waals surface area contributed by atoms with E-state index in [2.05, 4.69) is 67.5 Å². The number of anilines is 1. The smallest absolute Gasteiger partial charge is 0.410 e. The van der Waals surface area contributed by atoms with Crippen molar-refractivity contribution in [3.63, 3.8) is 0 Å². The van der Waals surface area contributed by atoms with Crippen LogP contribution < -0.4 is 5.32 Å². The standard InChI is InChI=1S/C37H51N7O3S/c1-23(2)48(24(3)4,25(5)6)19-17-30-29(14-15-31(39-30)40-35(45)27(8)43(13)36(46)47-37(9,10)11)34-33(28-21-38-42(12)22-28)41-32-20-26(7)16-18-44(32)34/h14-16,18,20-25,27H,1-13H3,(H,39,40,45). The number of carbonyl (C=O) groups excluding carboxylic acids is 2. The predicted molar refractivity (Wildman–Crippen MR) is 197 cm³/mol. The molecule has 4 heterocycles. The van der Waals surface area contributed by atoms with E-state index in [1.54, 1.807) is 51.7 Å². The normalized spacial score (nSPS) is 13.1. The summed E-state index contributed by atoms with van der Waals surface area (Å²) in [7, 11) is 2.02. The van der Waals surface area contributed by atoms with Gasteiger partial charge in [0.15, 0.2) is 0 Å². The Morgan fingerprint density at radius 3 is 2.21 bits per heavy atom. The Kier molecular flexibility index (Phi) is 10.7. The molecule has 0 radical (unpaired) electrons. The first-order valence-corrected chi connectivity index (χ1v) is 18.3. The number of nitrogens with zero attached hydrogens (tertiary/aromatic N) is 6. The van der Waals surface area contributed by atoms with Crippen LogP contribution in [0.2, 0.25) is 0 Å². The molecule has 0 spiro atoms. The third-order valence-electron chi connectivity index (χ3n) is 8.49. The van der Waals surface area contributed by atoms with Crippen molar-refractivity contribution in [2.24, 2.45) is 7.05 Å². The maximum Gasteiger partial charge on any atom is 0.410 e. The lowest BCUT2D eigenvalue weighted by Crippen LogP contribution is -2.45. The average Bonchev–Trinajstić information content (AvgIpc) is 3.58. The fourth-order valence-electron chi connectivity index (χ4n) is 5.99. The van der Waals surface area contributed by atoms with E-state index in [-0.39, 0.29) is 0 Å². The Balaban J connectivity index is 1.90. The van der Waals surface area contributed by atoms with Crippen molar-refractivity contribution < 1.29 is 14.3 Å². The molecule has 0 saturated carbocycles. The highest BCUT2D eigenvalue weighted by atomic mass is 32.3. The molecule has 4 rings (SSSR count). The molecular weight excluding hydrogens is 623 g/mol. The largest absolute Gasteiger partial charge is 0.444 e. The van der Waals surface area contributed by atoms with Crippen LogP contribution in [0.25, 0.3) is 28.2 Å². The second-order valence-corrected chi connectivity index (χ2v) is 18.7. The van der Waals surface area contributed by atoms with E-state index in [4.69, 9.17) is 14.7 Å². The molecular formula is C37H51N7O3S. The molecule has 0 aliphatic carbocycles. The van der Waals surface area contributed by atoms with Gasteiger partial charge in [-0.3, -0.25) is 18.8 Å². The lowest BCUT2D eigenvalue weighted by molar-refractivity contribution is -0.120. The summed E-state index contributed by atoms with van der Waals surface area (Å²) in [5, 5.41) is 12.2. The Morgan fingerprint density at radius 1 is 1.00 bits per heavy atom. The highest BCUT2D eigenvalue weighted by Crippen LogP contribution is 2.59. The van der Waals surface area contributed by atoms with Crippen LogP contribution in [0, 0.1) is 18.1 Å². The number of rotatable bonds is 8. The predicted octanol–water partition coefficient (Wildman–Crippen LogP) is 7.64. The molecule has 0 saturated heterocycles. The van der Waals surface area contributed by atoms with Gasteiger partial charge in [0.1, 0.15) is 34.5 Å². The van der Waals surface area contributed by atoms with Crippen LogP contribution in [0.4, 0.5) is 10.6 Å². The van der Waals surface area contributed by atoms with Crippen molar-refractivity contribution in [1.82, 2.24) is 29.0 Å². The SMILES string of the molecule is Cc1ccn2c(-c3ccc(NC(=O)C(C)N(C)C(=O)OC(C)(C)C)nc3C#CS(C(C)C)(C(C)C)C(C)C)c(-c3cnn(C)c3)nc2c1. The van der Waals surface area contributed by atoms with E-state index in [0.717, 1.165) is 33.7 Å². The highest BCUT2D eigenvalue weighted by molar-refractivity contribution is 8.38. The molecule has 0 aliphatic rings. The molecule has 2 amide bonds. The minimum atomic E-state index is -1.40. The van der Waals surface area contributed by atoms with E-state index in [0.29, 0.717) is 27.3 Å². The van der Waals surface area contributed by atoms with Crippen molar-refractivity contribution in [1.29, 1.82) is 0 Å². The van der Waals surface area contributed by atoms with Crippen molar-refractivity contribution in [3.05, 3.63) is 54.1 Å². The van der Waals surface area contributed by atoms with E-state index >= 15 is 0 Å². The number of amides is 2. The molecule has 258 valence electrons. The molecule has 0 aromatic carbocycles. The Labute approximate surface area is 287 Å². The first-order chi connectivity index (χ1) is 22.3. The van der Waals surface area contributed by atoms with Gasteiger partial charge < -0.3 is 10.1 Å². The molecule has 1 atom stereocenters. The second-order valence-electron chi connectivity index (χ2n) is 14.1. The number of fused-ring (bicyclic) bond motifs is 1. The first-order valence-electron chi connectivity index (χ1n) is 16.4. The number of imidazole rings is 1. The van der Waals surface area contributed by atoms with Crippen molar-refractivity contribution in [2.75, 3.05) is 12.4 Å². The molecule has 48 heavy (non-hydrogen) atoms. The molecule has 1 N–H and O–H groups in total. The van der Waals surface area contributed by atoms with Gasteiger partial charge >= 0.3 is 6.09 Å². The fraction of sp³-hybridized carbons (Fsp3) is 0.486. The number of hydrogen-bond donors (Lipinski definition) is 1. The zero-order valence-electron chi connectivity index (χ0n) is 30.7. The van der Waals surface area contributed by atoms with Gasteiger partial charge in [-0.2, -0.15) is 15.1 Å². The summed E-state index contributed by atoms with van der Waals surface area (Å²) >= 11 is 0. The van der Waals surface area contributed by atoms with Gasteiger partial charge in [-0.05, 0) is 91.4 Å². The zero-order valence-corrected chi connectivity index (χ0v) is 31.5. The number of carbonyl (C=O) groups is 2. The molecule has 0 fully saturated rings. The van der Waals surface area contributed by atoms with E-state index < -0.39 is 33.7 Å². The molecule has 10 nitrogen and oxygen atoms in total. The molecule has 1 unspecified atom stereocenters. The number of aromatic nitrogens is 5. The number of aryl methyl sites for hydroxylation is 2. The first kappa shape index (κ1) is 36.5. The van der Waals surface area contributed by atoms with Crippen molar-refractivity contribution in [3.8, 4) is 33.7 Å². The lowest BCUT2D eigenvalue weighted by atomic mass is 10.1. The Bertz CT molecular complexity index is 1850. The number of nitrogens with one attached hydrogen (secondary N) is 1. The van der Waals surface area contributed by atoms with Crippen LogP contribution in [-0.4, -0.2) is 75.5 Å². The minimum absolute atomic E-state index is 0.337. The van der Waals surface area contributed by atoms with Crippen LogP contribution in [0.15, 0.2) is 42.9 Å². The van der Waals surface area contributed by atoms with Crippen LogP contribution in [0.5, 0.6) is 0 Å². The maximum absolute atomic E-state index is 13.4. The van der Waals surface area contributed by atoms with Crippen LogP contribution >= 0.6 is 10.0 Å². The van der Waals surface area contributed by atoms with Crippen LogP contribution in [-0.2, 0) is 16.6 Å². The summed E-state index contributed by atoms with van der Waals surface area (Å²) in [5.74, 6) is 3.48. The maximum atomic E-state index is 13.4. The number of ether oxygens (including phenoxy) is 1. The van der Waals surface area contributed by atoms with Crippen molar-refractivity contribution >= 4 is 33.5 Å². The third kappa shape index (κ3) is 7.54. The molecule has 0 aliphatic heterocycles. The van der Waals surface area contributed by atoms with E-state index in [9.17, 15) is 9.59 Å². The second kappa shape index (κ2) is 14.0. The summed E-state index contributed by atoms with van der Waals surface area (Å²) < 4.78 is 9.29. The third-order valence-corrected chi connectivity index (χ3v) is 13.6. The summed E-state index contributed by atoms with van der Waals surface area (Å²) in [5.41, 5.74) is 5.00. The van der Waals surface area contributed by atoms with Crippen LogP contribution in [0.1, 0.15) is 80.5 Å². The summed E-state index contributed by atoms with van der Waals surface area (Å²) in [4.78, 5) is 37.4. The number of pyridine rings is 2. The molecule has 0 bridgehead atoms. The summed E-state index contributed by atoms with van der Waals surface area (Å²) in [6.07, 6.45) is 5.18. The van der Waals surface area contributed by atoms with Gasteiger partial charge in [0.25, 0.3) is 0 Å². The van der Waals surface area contributed by atoms with Crippen LogP contribution in [0.3, 0.4) is 0 Å². The van der Waals surface area contributed by atoms with E-state index in [1.807, 2.05) is 44.6 Å². The molecule has 4 aromatic heterocycles. The highest BCUT2D eigenvalue weighted by Gasteiger charge is 2.33. The molecule has 4 aromatic rings. The molecule has 11 heteroatoms. The topological polar surface area (TPSA) is 107 Å². The van der Waals surface area contributed by atoms with Gasteiger partial charge in [-0.1, -0.05) is 41.5 Å². The van der Waals surface area contributed by atoms with Gasteiger partial charge in [-0.25, -0.2) is 14.8 Å². The van der Waals surface area contributed by atoms with Gasteiger partial charge in [-0.15, -0.1) is 0 Å². The zero-order chi connectivity index (χ0) is 35.7. The summed E-state index contributed by atoms with van der Waals surface area (Å²) in [6.45, 7) is 22.6. The minimum Gasteiger partial charge on any atom is -0.444 e. The average molecular weight is 674 g/mol. The Morgan fingerprint density at radius 2 is 1.65 bits per heavy atom. The lowest BCUT2D eigenvalue weighted by Gasteiger charge is -2.46. The number of likely N-dealkylation sites (N-methyl/N-ethyl adjacent to an activating group) is 1. The Hall–Kier alpha value is -4.30. The van der Waals surface area contributed by atoms with Gasteiger partial charge in [0, 0.05) is 37.6 Å². The quantitative estimate of drug-likeness (QED) is 0.193. The van der Waals surface area contributed by atoms with E-state index in [1.165, 1.54) is 4.90 Å². The summed E-state index contributed by atoms with van der Waals surface area (Å²) in [6, 6.07) is 6.99. The van der Waals surface area contributed by atoms with Gasteiger partial charge in [0.2, 0.25) is 5.91 Å².